The van der Waals surface area contributed by atoms with Crippen LogP contribution in [0.15, 0.2) is 0 Å². The maximum absolute atomic E-state index is 11.5. The summed E-state index contributed by atoms with van der Waals surface area (Å²) in [5, 5.41) is 32.4. The van der Waals surface area contributed by atoms with Crippen LogP contribution in [0, 0.1) is 0 Å². The monoisotopic (exact) mass is 533 g/mol. The van der Waals surface area contributed by atoms with Gasteiger partial charge in [0.05, 0.1) is 19.8 Å². The van der Waals surface area contributed by atoms with E-state index in [-0.39, 0.29) is 12.7 Å². The Kier molecular flexibility index (Phi) is 20.4. The predicted molar refractivity (Wildman–Crippen MR) is 143 cm³/mol. The smallest absolute Gasteiger partial charge is 0.217 e. The highest BCUT2D eigenvalue weighted by atomic mass is 16.7. The second kappa shape index (κ2) is 22.1. The fraction of sp³-hybridized carbons (Fsp3) is 0.964. The molecule has 6 atom stereocenters. The van der Waals surface area contributed by atoms with E-state index in [1.807, 2.05) is 0 Å². The molecule has 1 amide bonds. The molecule has 0 aliphatic carbocycles. The number of hydrogen-bond donors (Lipinski definition) is 4. The molecule has 1 aliphatic heterocycles. The first-order valence-corrected chi connectivity index (χ1v) is 14.6. The second-order valence-corrected chi connectivity index (χ2v) is 10.3. The standard InChI is InChI=1S/C28H55NO8/c1-4-5-6-7-8-9-10-11-12-13-14-15-16-17-18-35-20-23(34-3)21-36-28-25(29-22(2)31)27(33)26(32)24(19-30)37-28/h23-28,30,32-33H,4-21H2,1-3H3,(H,29,31)/t23-,24?,25?,26?,27?,28?/m0/s1. The average molecular weight is 534 g/mol. The lowest BCUT2D eigenvalue weighted by atomic mass is 9.97. The first-order valence-electron chi connectivity index (χ1n) is 14.6. The molecule has 220 valence electrons. The van der Waals surface area contributed by atoms with Crippen molar-refractivity contribution < 1.29 is 39.1 Å². The van der Waals surface area contributed by atoms with Gasteiger partial charge in [-0.1, -0.05) is 90.4 Å². The van der Waals surface area contributed by atoms with Gasteiger partial charge in [0.2, 0.25) is 5.91 Å². The summed E-state index contributed by atoms with van der Waals surface area (Å²) in [6.07, 6.45) is 13.3. The van der Waals surface area contributed by atoms with Gasteiger partial charge >= 0.3 is 0 Å². The molecule has 0 radical (unpaired) electrons. The quantitative estimate of drug-likeness (QED) is 0.147. The Hall–Kier alpha value is -0.810. The van der Waals surface area contributed by atoms with Gasteiger partial charge in [-0.2, -0.15) is 0 Å². The van der Waals surface area contributed by atoms with Gasteiger partial charge in [0.1, 0.15) is 30.5 Å². The fourth-order valence-electron chi connectivity index (χ4n) is 4.61. The summed E-state index contributed by atoms with van der Waals surface area (Å²) < 4.78 is 22.5. The number of ether oxygens (including phenoxy) is 4. The summed E-state index contributed by atoms with van der Waals surface area (Å²) in [4.78, 5) is 11.5. The van der Waals surface area contributed by atoms with E-state index in [2.05, 4.69) is 12.2 Å². The van der Waals surface area contributed by atoms with Crippen molar-refractivity contribution in [1.82, 2.24) is 5.32 Å². The summed E-state index contributed by atoms with van der Waals surface area (Å²) >= 11 is 0. The molecule has 9 nitrogen and oxygen atoms in total. The van der Waals surface area contributed by atoms with Crippen LogP contribution < -0.4 is 5.32 Å². The van der Waals surface area contributed by atoms with Crippen LogP contribution in [0.5, 0.6) is 0 Å². The molecule has 0 bridgehead atoms. The molecule has 1 saturated heterocycles. The van der Waals surface area contributed by atoms with E-state index in [1.165, 1.54) is 84.0 Å². The van der Waals surface area contributed by atoms with E-state index in [9.17, 15) is 20.1 Å². The third-order valence-corrected chi connectivity index (χ3v) is 6.98. The van der Waals surface area contributed by atoms with E-state index >= 15 is 0 Å². The first kappa shape index (κ1) is 34.2. The summed E-state index contributed by atoms with van der Waals surface area (Å²) in [7, 11) is 1.56. The van der Waals surface area contributed by atoms with Crippen molar-refractivity contribution in [1.29, 1.82) is 0 Å². The summed E-state index contributed by atoms with van der Waals surface area (Å²) in [6, 6.07) is -0.968. The number of aliphatic hydroxyl groups is 3. The summed E-state index contributed by atoms with van der Waals surface area (Å²) in [6.45, 7) is 4.19. The number of carbonyl (C=O) groups is 1. The number of carbonyl (C=O) groups excluding carboxylic acids is 1. The Morgan fingerprint density at radius 3 is 1.89 bits per heavy atom. The molecule has 1 rings (SSSR count). The Morgan fingerprint density at radius 2 is 1.41 bits per heavy atom. The number of aliphatic hydroxyl groups excluding tert-OH is 3. The maximum Gasteiger partial charge on any atom is 0.217 e. The van der Waals surface area contributed by atoms with Crippen LogP contribution in [0.4, 0.5) is 0 Å². The molecule has 37 heavy (non-hydrogen) atoms. The third-order valence-electron chi connectivity index (χ3n) is 6.98. The molecule has 1 heterocycles. The van der Waals surface area contributed by atoms with Gasteiger partial charge < -0.3 is 39.6 Å². The molecule has 4 N–H and O–H groups in total. The molecule has 0 spiro atoms. The molecule has 5 unspecified atom stereocenters. The van der Waals surface area contributed by atoms with Crippen molar-refractivity contribution in [3.63, 3.8) is 0 Å². The molecule has 1 fully saturated rings. The van der Waals surface area contributed by atoms with Gasteiger partial charge in [-0.05, 0) is 6.42 Å². The lowest BCUT2D eigenvalue weighted by Gasteiger charge is -2.42. The van der Waals surface area contributed by atoms with Crippen LogP contribution in [-0.4, -0.2) is 91.5 Å². The van der Waals surface area contributed by atoms with E-state index < -0.39 is 43.2 Å². The van der Waals surface area contributed by atoms with Gasteiger partial charge in [-0.3, -0.25) is 4.79 Å². The third kappa shape index (κ3) is 15.4. The number of hydrogen-bond acceptors (Lipinski definition) is 8. The normalized spacial score (nSPS) is 24.8. The van der Waals surface area contributed by atoms with Crippen molar-refractivity contribution in [2.24, 2.45) is 0 Å². The van der Waals surface area contributed by atoms with Crippen LogP contribution in [0.2, 0.25) is 0 Å². The minimum absolute atomic E-state index is 0.108. The largest absolute Gasteiger partial charge is 0.394 e. The molecular weight excluding hydrogens is 478 g/mol. The highest BCUT2D eigenvalue weighted by Gasteiger charge is 2.45. The SMILES string of the molecule is CCCCCCCCCCCCCCCCOC[C@@H](COC1OC(CO)C(O)C(O)C1NC(C)=O)OC. The lowest BCUT2D eigenvalue weighted by Crippen LogP contribution is -2.64. The zero-order chi connectivity index (χ0) is 27.3. The van der Waals surface area contributed by atoms with Gasteiger partial charge in [0.15, 0.2) is 6.29 Å². The van der Waals surface area contributed by atoms with Crippen molar-refractivity contribution in [2.45, 2.75) is 140 Å². The fourth-order valence-corrected chi connectivity index (χ4v) is 4.61. The lowest BCUT2D eigenvalue weighted by molar-refractivity contribution is -0.275. The van der Waals surface area contributed by atoms with Crippen molar-refractivity contribution in [3.05, 3.63) is 0 Å². The Bertz CT molecular complexity index is 552. The summed E-state index contributed by atoms with van der Waals surface area (Å²) in [5.41, 5.74) is 0. The van der Waals surface area contributed by atoms with Crippen LogP contribution in [0.1, 0.15) is 104 Å². The van der Waals surface area contributed by atoms with Gasteiger partial charge in [0.25, 0.3) is 0 Å². The second-order valence-electron chi connectivity index (χ2n) is 10.3. The van der Waals surface area contributed by atoms with E-state index in [0.717, 1.165) is 12.8 Å². The molecule has 0 aromatic rings. The molecule has 1 aliphatic rings. The van der Waals surface area contributed by atoms with Crippen LogP contribution in [0.3, 0.4) is 0 Å². The maximum atomic E-state index is 11.5. The molecule has 9 heteroatoms. The van der Waals surface area contributed by atoms with Gasteiger partial charge in [0, 0.05) is 20.6 Å². The molecule has 0 aromatic carbocycles. The number of methoxy groups -OCH3 is 1. The van der Waals surface area contributed by atoms with E-state index in [4.69, 9.17) is 18.9 Å². The molecular formula is C28H55NO8. The number of unbranched alkanes of at least 4 members (excludes halogenated alkanes) is 13. The zero-order valence-electron chi connectivity index (χ0n) is 23.6. The van der Waals surface area contributed by atoms with Gasteiger partial charge in [-0.15, -0.1) is 0 Å². The molecule has 0 saturated carbocycles. The topological polar surface area (TPSA) is 127 Å². The number of nitrogens with one attached hydrogen (secondary N) is 1. The van der Waals surface area contributed by atoms with Crippen molar-refractivity contribution >= 4 is 5.91 Å². The number of amides is 1. The highest BCUT2D eigenvalue weighted by molar-refractivity contribution is 5.73. The predicted octanol–water partition coefficient (Wildman–Crippen LogP) is 3.46. The van der Waals surface area contributed by atoms with Crippen LogP contribution in [0.25, 0.3) is 0 Å². The van der Waals surface area contributed by atoms with Gasteiger partial charge in [-0.25, -0.2) is 0 Å². The van der Waals surface area contributed by atoms with Crippen molar-refractivity contribution in [3.8, 4) is 0 Å². The van der Waals surface area contributed by atoms with Crippen LogP contribution in [-0.2, 0) is 23.7 Å². The number of rotatable bonds is 23. The highest BCUT2D eigenvalue weighted by Crippen LogP contribution is 2.22. The van der Waals surface area contributed by atoms with E-state index in [1.54, 1.807) is 7.11 Å². The Labute approximate surface area is 224 Å². The van der Waals surface area contributed by atoms with Crippen LogP contribution >= 0.6 is 0 Å². The first-order chi connectivity index (χ1) is 17.9. The van der Waals surface area contributed by atoms with Crippen molar-refractivity contribution in [2.75, 3.05) is 33.5 Å². The minimum Gasteiger partial charge on any atom is -0.394 e. The summed E-state index contributed by atoms with van der Waals surface area (Å²) in [5.74, 6) is -0.393. The Morgan fingerprint density at radius 1 is 0.865 bits per heavy atom. The zero-order valence-corrected chi connectivity index (χ0v) is 23.6. The average Bonchev–Trinajstić information content (AvgIpc) is 2.89. The minimum atomic E-state index is -1.34. The van der Waals surface area contributed by atoms with E-state index in [0.29, 0.717) is 13.2 Å². The Balaban J connectivity index is 2.11. The molecule has 0 aromatic heterocycles.